The van der Waals surface area contributed by atoms with E-state index in [0.717, 1.165) is 36.6 Å². The predicted molar refractivity (Wildman–Crippen MR) is 84.5 cm³/mol. The van der Waals surface area contributed by atoms with Crippen LogP contribution in [0.25, 0.3) is 0 Å². The molecule has 1 saturated heterocycles. The van der Waals surface area contributed by atoms with E-state index in [0.29, 0.717) is 12.0 Å². The smallest absolute Gasteiger partial charge is 0.229 e. The van der Waals surface area contributed by atoms with Gasteiger partial charge in [0.1, 0.15) is 0 Å². The molecule has 2 atom stereocenters. The highest BCUT2D eigenvalue weighted by atomic mass is 16.5. The normalized spacial score (nSPS) is 30.7. The zero-order chi connectivity index (χ0) is 15.1. The van der Waals surface area contributed by atoms with E-state index < -0.39 is 0 Å². The Morgan fingerprint density at radius 3 is 2.59 bits per heavy atom. The van der Waals surface area contributed by atoms with Crippen molar-refractivity contribution in [2.24, 2.45) is 11.8 Å². The number of likely N-dealkylation sites (N-methyl/N-ethyl adjacent to an activating group) is 1. The van der Waals surface area contributed by atoms with Gasteiger partial charge < -0.3 is 9.42 Å². The summed E-state index contributed by atoms with van der Waals surface area (Å²) in [6, 6.07) is 0.689. The lowest BCUT2D eigenvalue weighted by atomic mass is 9.97. The molecule has 3 aliphatic rings. The number of nitrogens with zero attached hydrogens (tertiary/aromatic N) is 4. The molecule has 0 radical (unpaired) electrons. The molecule has 2 unspecified atom stereocenters. The molecular weight excluding hydrogens is 276 g/mol. The van der Waals surface area contributed by atoms with Gasteiger partial charge in [0, 0.05) is 25.0 Å². The molecule has 0 aromatic carbocycles. The molecule has 0 amide bonds. The van der Waals surface area contributed by atoms with Gasteiger partial charge in [0.05, 0.1) is 6.54 Å². The molecule has 22 heavy (non-hydrogen) atoms. The topological polar surface area (TPSA) is 45.4 Å². The van der Waals surface area contributed by atoms with Crippen LogP contribution in [0.15, 0.2) is 4.52 Å². The van der Waals surface area contributed by atoms with Gasteiger partial charge >= 0.3 is 0 Å². The summed E-state index contributed by atoms with van der Waals surface area (Å²) in [6.45, 7) is 3.19. The molecule has 0 bridgehead atoms. The van der Waals surface area contributed by atoms with Crippen molar-refractivity contribution in [2.45, 2.75) is 57.0 Å². The summed E-state index contributed by atoms with van der Waals surface area (Å²) in [4.78, 5) is 9.61. The van der Waals surface area contributed by atoms with Crippen LogP contribution in [0, 0.1) is 11.8 Å². The lowest BCUT2D eigenvalue weighted by Crippen LogP contribution is -2.36. The molecule has 2 aliphatic carbocycles. The predicted octanol–water partition coefficient (Wildman–Crippen LogP) is 2.50. The van der Waals surface area contributed by atoms with Crippen LogP contribution in [0.5, 0.6) is 0 Å². The second-order valence-corrected chi connectivity index (χ2v) is 7.76. The minimum atomic E-state index is 0.522. The van der Waals surface area contributed by atoms with E-state index in [1.807, 2.05) is 0 Å². The average molecular weight is 304 g/mol. The molecule has 5 nitrogen and oxygen atoms in total. The Morgan fingerprint density at radius 1 is 1.14 bits per heavy atom. The number of hydrogen-bond donors (Lipinski definition) is 0. The molecule has 122 valence electrons. The first-order valence-corrected chi connectivity index (χ1v) is 8.92. The van der Waals surface area contributed by atoms with Gasteiger partial charge in [0.15, 0.2) is 5.82 Å². The van der Waals surface area contributed by atoms with Gasteiger partial charge in [-0.05, 0) is 51.6 Å². The Labute approximate surface area is 133 Å². The van der Waals surface area contributed by atoms with Gasteiger partial charge in [-0.2, -0.15) is 4.98 Å². The Bertz CT molecular complexity index is 495. The number of likely N-dealkylation sites (tertiary alicyclic amines) is 1. The summed E-state index contributed by atoms with van der Waals surface area (Å²) in [5, 5.41) is 4.24. The van der Waals surface area contributed by atoms with E-state index in [1.165, 1.54) is 45.1 Å². The Morgan fingerprint density at radius 2 is 1.91 bits per heavy atom. The van der Waals surface area contributed by atoms with E-state index >= 15 is 0 Å². The second-order valence-electron chi connectivity index (χ2n) is 7.76. The second kappa shape index (κ2) is 5.93. The molecule has 0 spiro atoms. The Balaban J connectivity index is 1.39. The molecule has 1 aromatic rings. The van der Waals surface area contributed by atoms with Crippen LogP contribution in [-0.2, 0) is 6.54 Å². The van der Waals surface area contributed by atoms with Crippen molar-refractivity contribution in [1.29, 1.82) is 0 Å². The molecule has 0 N–H and O–H groups in total. The van der Waals surface area contributed by atoms with Crippen molar-refractivity contribution < 1.29 is 4.52 Å². The van der Waals surface area contributed by atoms with E-state index in [9.17, 15) is 0 Å². The quantitative estimate of drug-likeness (QED) is 0.836. The number of rotatable bonds is 5. The van der Waals surface area contributed by atoms with Crippen molar-refractivity contribution >= 4 is 0 Å². The van der Waals surface area contributed by atoms with Crippen LogP contribution in [-0.4, -0.2) is 53.2 Å². The molecule has 2 heterocycles. The third-order valence-corrected chi connectivity index (χ3v) is 5.85. The maximum absolute atomic E-state index is 5.52. The van der Waals surface area contributed by atoms with Gasteiger partial charge in [0.25, 0.3) is 0 Å². The van der Waals surface area contributed by atoms with Gasteiger partial charge in [-0.3, -0.25) is 4.90 Å². The molecule has 2 saturated carbocycles. The van der Waals surface area contributed by atoms with Crippen molar-refractivity contribution in [1.82, 2.24) is 19.9 Å². The monoisotopic (exact) mass is 304 g/mol. The Kier molecular flexibility index (Phi) is 3.95. The summed E-state index contributed by atoms with van der Waals surface area (Å²) in [5.41, 5.74) is 0. The van der Waals surface area contributed by atoms with Crippen molar-refractivity contribution in [2.75, 3.05) is 27.2 Å². The van der Waals surface area contributed by atoms with Crippen LogP contribution in [0.3, 0.4) is 0 Å². The standard InChI is InChI=1S/C17H28N4O/c1-20(2)15-10-21(9-14(15)12-7-8-12)11-16-18-17(22-19-16)13-5-3-4-6-13/h12-15H,3-11H2,1-2H3. The molecule has 1 aromatic heterocycles. The minimum absolute atomic E-state index is 0.522. The molecule has 4 rings (SSSR count). The van der Waals surface area contributed by atoms with Gasteiger partial charge in [-0.25, -0.2) is 0 Å². The van der Waals surface area contributed by atoms with E-state index in [4.69, 9.17) is 4.52 Å². The van der Waals surface area contributed by atoms with Crippen LogP contribution >= 0.6 is 0 Å². The van der Waals surface area contributed by atoms with Gasteiger partial charge in [0.2, 0.25) is 5.89 Å². The van der Waals surface area contributed by atoms with Crippen LogP contribution in [0.2, 0.25) is 0 Å². The highest BCUT2D eigenvalue weighted by Gasteiger charge is 2.43. The van der Waals surface area contributed by atoms with Crippen molar-refractivity contribution in [3.8, 4) is 0 Å². The van der Waals surface area contributed by atoms with E-state index in [2.05, 4.69) is 34.0 Å². The maximum Gasteiger partial charge on any atom is 0.229 e. The fourth-order valence-corrected chi connectivity index (χ4v) is 4.43. The summed E-state index contributed by atoms with van der Waals surface area (Å²) in [6.07, 6.45) is 7.91. The molecule has 3 fully saturated rings. The fourth-order valence-electron chi connectivity index (χ4n) is 4.43. The SMILES string of the molecule is CN(C)C1CN(Cc2noc(C3CCCC3)n2)CC1C1CC1. The lowest BCUT2D eigenvalue weighted by Gasteiger charge is -2.24. The van der Waals surface area contributed by atoms with Crippen molar-refractivity contribution in [3.05, 3.63) is 11.7 Å². The summed E-state index contributed by atoms with van der Waals surface area (Å²) in [7, 11) is 4.44. The summed E-state index contributed by atoms with van der Waals surface area (Å²) in [5.74, 6) is 4.08. The van der Waals surface area contributed by atoms with E-state index in [-0.39, 0.29) is 0 Å². The lowest BCUT2D eigenvalue weighted by molar-refractivity contribution is 0.232. The van der Waals surface area contributed by atoms with Crippen LogP contribution < -0.4 is 0 Å². The molecule has 5 heteroatoms. The first kappa shape index (κ1) is 14.6. The molecular formula is C17H28N4O. The van der Waals surface area contributed by atoms with Crippen LogP contribution in [0.1, 0.15) is 56.2 Å². The third kappa shape index (κ3) is 2.93. The maximum atomic E-state index is 5.52. The first-order chi connectivity index (χ1) is 10.7. The first-order valence-electron chi connectivity index (χ1n) is 8.92. The fraction of sp³-hybridized carbons (Fsp3) is 0.882. The zero-order valence-electron chi connectivity index (χ0n) is 13.9. The largest absolute Gasteiger partial charge is 0.339 e. The summed E-state index contributed by atoms with van der Waals surface area (Å²) >= 11 is 0. The van der Waals surface area contributed by atoms with Gasteiger partial charge in [-0.15, -0.1) is 0 Å². The third-order valence-electron chi connectivity index (χ3n) is 5.85. The summed E-state index contributed by atoms with van der Waals surface area (Å²) < 4.78 is 5.52. The van der Waals surface area contributed by atoms with Crippen LogP contribution in [0.4, 0.5) is 0 Å². The van der Waals surface area contributed by atoms with Crippen molar-refractivity contribution in [3.63, 3.8) is 0 Å². The number of hydrogen-bond acceptors (Lipinski definition) is 5. The highest BCUT2D eigenvalue weighted by molar-refractivity contribution is 5.00. The van der Waals surface area contributed by atoms with E-state index in [1.54, 1.807) is 0 Å². The zero-order valence-corrected chi connectivity index (χ0v) is 13.9. The highest BCUT2D eigenvalue weighted by Crippen LogP contribution is 2.42. The average Bonchev–Trinajstić information content (AvgIpc) is 2.96. The molecule has 1 aliphatic heterocycles. The Hall–Kier alpha value is -0.940. The minimum Gasteiger partial charge on any atom is -0.339 e. The number of aromatic nitrogens is 2. The van der Waals surface area contributed by atoms with Gasteiger partial charge in [-0.1, -0.05) is 18.0 Å².